The number of carbonyl (C=O) groups excluding carboxylic acids is 2. The van der Waals surface area contributed by atoms with Crippen LogP contribution in [-0.4, -0.2) is 74.6 Å². The first-order valence-corrected chi connectivity index (χ1v) is 13.7. The summed E-state index contributed by atoms with van der Waals surface area (Å²) >= 11 is 0. The number of hydrogen-bond donors (Lipinski definition) is 2. The molecule has 0 spiro atoms. The molecule has 3 aliphatic heterocycles. The van der Waals surface area contributed by atoms with Gasteiger partial charge in [0.15, 0.2) is 0 Å². The number of rotatable bonds is 5. The normalized spacial score (nSPS) is 20.4. The Bertz CT molecular complexity index is 1510. The molecule has 6 heterocycles. The number of fused-ring (bicyclic) bond motifs is 2. The molecule has 0 aromatic carbocycles. The van der Waals surface area contributed by atoms with Gasteiger partial charge in [0.1, 0.15) is 23.3 Å². The number of ether oxygens (including phenoxy) is 2. The lowest BCUT2D eigenvalue weighted by atomic mass is 9.84. The Morgan fingerprint density at radius 1 is 1.12 bits per heavy atom. The molecule has 0 unspecified atom stereocenters. The zero-order valence-corrected chi connectivity index (χ0v) is 23.5. The number of esters is 1. The maximum Gasteiger partial charge on any atom is 0.340 e. The third kappa shape index (κ3) is 4.57. The molecule has 11 heteroatoms. The minimum absolute atomic E-state index is 0.0761. The molecule has 11 nitrogen and oxygen atoms in total. The first kappa shape index (κ1) is 26.2. The van der Waals surface area contributed by atoms with Gasteiger partial charge in [-0.3, -0.25) is 0 Å². The highest BCUT2D eigenvalue weighted by atomic mass is 16.6. The van der Waals surface area contributed by atoms with Crippen LogP contribution in [-0.2, 0) is 10.3 Å². The average Bonchev–Trinajstić information content (AvgIpc) is 2.82. The van der Waals surface area contributed by atoms with Gasteiger partial charge in [-0.25, -0.2) is 24.5 Å². The van der Waals surface area contributed by atoms with E-state index in [9.17, 15) is 9.59 Å². The average molecular weight is 546 g/mol. The second kappa shape index (κ2) is 9.29. The number of urea groups is 1. The summed E-state index contributed by atoms with van der Waals surface area (Å²) in [7, 11) is 0. The molecule has 3 aromatic rings. The number of amides is 2. The van der Waals surface area contributed by atoms with Gasteiger partial charge < -0.3 is 30.3 Å². The topological polar surface area (TPSA) is 136 Å². The lowest BCUT2D eigenvalue weighted by molar-refractivity contribution is -0.0189. The van der Waals surface area contributed by atoms with Crippen LogP contribution in [0.1, 0.15) is 68.6 Å². The van der Waals surface area contributed by atoms with Crippen molar-refractivity contribution in [2.45, 2.75) is 64.2 Å². The van der Waals surface area contributed by atoms with Crippen LogP contribution in [0.25, 0.3) is 10.8 Å². The predicted octanol–water partition coefficient (Wildman–Crippen LogP) is 3.90. The minimum atomic E-state index is -0.662. The van der Waals surface area contributed by atoms with E-state index in [2.05, 4.69) is 15.3 Å². The molecule has 2 amide bonds. The summed E-state index contributed by atoms with van der Waals surface area (Å²) < 4.78 is 11.8. The number of hydrogen-bond acceptors (Lipinski definition) is 9. The van der Waals surface area contributed by atoms with Crippen LogP contribution < -0.4 is 15.8 Å². The third-order valence-corrected chi connectivity index (χ3v) is 8.16. The van der Waals surface area contributed by atoms with Crippen molar-refractivity contribution >= 4 is 34.4 Å². The summed E-state index contributed by atoms with van der Waals surface area (Å²) in [4.78, 5) is 42.5. The molecule has 2 fully saturated rings. The fourth-order valence-electron chi connectivity index (χ4n) is 5.21. The minimum Gasteiger partial charge on any atom is -0.470 e. The van der Waals surface area contributed by atoms with Crippen LogP contribution in [0.3, 0.4) is 0 Å². The van der Waals surface area contributed by atoms with Gasteiger partial charge >= 0.3 is 12.0 Å². The maximum atomic E-state index is 12.5. The highest BCUT2D eigenvalue weighted by Gasteiger charge is 2.40. The molecule has 3 aliphatic rings. The number of nitrogens with one attached hydrogen (secondary N) is 1. The van der Waals surface area contributed by atoms with Crippen molar-refractivity contribution < 1.29 is 19.1 Å². The SMILES string of the molecule is C[C@@H]1c2nc(Nc3cc4c(C(C)(C)N)cnc(OC5CN(C(=O)N6CCC6)C5)c4cn3)ccc2C(=O)OC1(C)C. The van der Waals surface area contributed by atoms with Crippen molar-refractivity contribution in [2.24, 2.45) is 5.73 Å². The van der Waals surface area contributed by atoms with Gasteiger partial charge in [0.2, 0.25) is 5.88 Å². The fourth-order valence-corrected chi connectivity index (χ4v) is 5.21. The summed E-state index contributed by atoms with van der Waals surface area (Å²) in [6, 6.07) is 5.47. The molecule has 210 valence electrons. The Morgan fingerprint density at radius 3 is 2.55 bits per heavy atom. The second-order valence-corrected chi connectivity index (χ2v) is 12.1. The van der Waals surface area contributed by atoms with Gasteiger partial charge in [-0.15, -0.1) is 0 Å². The Balaban J connectivity index is 1.27. The van der Waals surface area contributed by atoms with E-state index in [1.54, 1.807) is 29.4 Å². The molecule has 0 aliphatic carbocycles. The van der Waals surface area contributed by atoms with Gasteiger partial charge in [0, 0.05) is 36.9 Å². The number of anilines is 2. The largest absolute Gasteiger partial charge is 0.470 e. The molecular formula is C29H35N7O4. The highest BCUT2D eigenvalue weighted by Crippen LogP contribution is 2.38. The summed E-state index contributed by atoms with van der Waals surface area (Å²) in [5.74, 6) is 1.16. The highest BCUT2D eigenvalue weighted by molar-refractivity contribution is 5.93. The quantitative estimate of drug-likeness (QED) is 0.458. The molecule has 0 saturated carbocycles. The maximum absolute atomic E-state index is 12.5. The Labute approximate surface area is 233 Å². The lowest BCUT2D eigenvalue weighted by Gasteiger charge is -2.43. The molecule has 0 radical (unpaired) electrons. The van der Waals surface area contributed by atoms with Crippen LogP contribution >= 0.6 is 0 Å². The van der Waals surface area contributed by atoms with E-state index < -0.39 is 11.1 Å². The second-order valence-electron chi connectivity index (χ2n) is 12.1. The fraction of sp³-hybridized carbons (Fsp3) is 0.483. The van der Waals surface area contributed by atoms with Gasteiger partial charge in [0.05, 0.1) is 29.7 Å². The van der Waals surface area contributed by atoms with Crippen LogP contribution in [0.4, 0.5) is 16.4 Å². The summed E-state index contributed by atoms with van der Waals surface area (Å²) in [6.07, 6.45) is 4.40. The first-order chi connectivity index (χ1) is 18.9. The number of carbonyl (C=O) groups is 2. The van der Waals surface area contributed by atoms with Gasteiger partial charge in [0.25, 0.3) is 0 Å². The molecule has 40 heavy (non-hydrogen) atoms. The molecule has 3 N–H and O–H groups in total. The van der Waals surface area contributed by atoms with E-state index in [1.807, 2.05) is 45.6 Å². The van der Waals surface area contributed by atoms with Crippen LogP contribution in [0.2, 0.25) is 0 Å². The Hall–Kier alpha value is -3.99. The molecule has 0 bridgehead atoms. The number of pyridine rings is 3. The van der Waals surface area contributed by atoms with Gasteiger partial charge in [-0.2, -0.15) is 0 Å². The Morgan fingerprint density at radius 2 is 1.88 bits per heavy atom. The zero-order valence-electron chi connectivity index (χ0n) is 23.5. The Kier molecular flexibility index (Phi) is 6.10. The van der Waals surface area contributed by atoms with E-state index in [1.165, 1.54) is 0 Å². The summed E-state index contributed by atoms with van der Waals surface area (Å²) in [6.45, 7) is 12.4. The van der Waals surface area contributed by atoms with E-state index in [-0.39, 0.29) is 24.0 Å². The molecule has 3 aromatic heterocycles. The number of aromatic nitrogens is 3. The van der Waals surface area contributed by atoms with Crippen molar-refractivity contribution in [1.82, 2.24) is 24.8 Å². The molecule has 2 saturated heterocycles. The molecule has 6 rings (SSSR count). The smallest absolute Gasteiger partial charge is 0.340 e. The van der Waals surface area contributed by atoms with Crippen LogP contribution in [0.5, 0.6) is 5.88 Å². The van der Waals surface area contributed by atoms with Gasteiger partial charge in [-0.1, -0.05) is 6.92 Å². The molecular weight excluding hydrogens is 510 g/mol. The predicted molar refractivity (Wildman–Crippen MR) is 150 cm³/mol. The number of nitrogens with zero attached hydrogens (tertiary/aromatic N) is 5. The zero-order chi connectivity index (χ0) is 28.4. The van der Waals surface area contributed by atoms with E-state index in [0.29, 0.717) is 41.9 Å². The lowest BCUT2D eigenvalue weighted by Crippen LogP contribution is -2.61. The summed E-state index contributed by atoms with van der Waals surface area (Å²) in [5, 5.41) is 4.89. The van der Waals surface area contributed by atoms with Crippen LogP contribution in [0.15, 0.2) is 30.6 Å². The van der Waals surface area contributed by atoms with Crippen molar-refractivity contribution in [3.63, 3.8) is 0 Å². The van der Waals surface area contributed by atoms with Crippen molar-refractivity contribution in [2.75, 3.05) is 31.5 Å². The monoisotopic (exact) mass is 545 g/mol. The van der Waals surface area contributed by atoms with Crippen molar-refractivity contribution in [3.05, 3.63) is 47.4 Å². The molecule has 1 atom stereocenters. The van der Waals surface area contributed by atoms with E-state index in [0.717, 1.165) is 35.8 Å². The third-order valence-electron chi connectivity index (χ3n) is 8.16. The number of nitrogens with two attached hydrogens (primary N) is 1. The first-order valence-electron chi connectivity index (χ1n) is 13.7. The van der Waals surface area contributed by atoms with Crippen molar-refractivity contribution in [3.8, 4) is 5.88 Å². The van der Waals surface area contributed by atoms with Crippen molar-refractivity contribution in [1.29, 1.82) is 0 Å². The standard InChI is InChI=1S/C29H35N7O4/c1-16-24-18(26(37)40-29(16,4)5)7-8-22(34-24)33-23-11-19-20(12-31-23)25(32-13-21(19)28(2,3)30)39-17-14-36(15-17)27(38)35-9-6-10-35/h7-8,11-13,16-17H,6,9-10,14-15,30H2,1-5H3,(H,31,33,34)/t16-/m1/s1. The van der Waals surface area contributed by atoms with E-state index in [4.69, 9.17) is 20.2 Å². The summed E-state index contributed by atoms with van der Waals surface area (Å²) in [5.41, 5.74) is 7.22. The van der Waals surface area contributed by atoms with Gasteiger partial charge in [-0.05, 0) is 63.3 Å². The number of cyclic esters (lactones) is 1. The van der Waals surface area contributed by atoms with E-state index >= 15 is 0 Å². The number of likely N-dealkylation sites (tertiary alicyclic amines) is 2. The van der Waals surface area contributed by atoms with Crippen LogP contribution in [0, 0.1) is 0 Å².